The number of rotatable bonds is 7. The van der Waals surface area contributed by atoms with Crippen LogP contribution < -0.4 is 4.72 Å². The molecule has 0 spiro atoms. The predicted molar refractivity (Wildman–Crippen MR) is 71.4 cm³/mol. The number of nitro groups is 1. The first-order valence-corrected chi connectivity index (χ1v) is 7.31. The van der Waals surface area contributed by atoms with Crippen molar-refractivity contribution < 1.29 is 17.7 Å². The van der Waals surface area contributed by atoms with Gasteiger partial charge in [-0.3, -0.25) is 10.1 Å². The number of hydrogen-bond acceptors (Lipinski definition) is 5. The van der Waals surface area contributed by atoms with Gasteiger partial charge in [-0.2, -0.15) is 4.39 Å². The van der Waals surface area contributed by atoms with Crippen LogP contribution in [0.4, 0.5) is 10.1 Å². The molecular weight excluding hydrogens is 289 g/mol. The van der Waals surface area contributed by atoms with Crippen LogP contribution in [0.25, 0.3) is 0 Å². The smallest absolute Gasteiger partial charge is 0.309 e. The third-order valence-corrected chi connectivity index (χ3v) is 3.99. The Balaban J connectivity index is 2.93. The first-order chi connectivity index (χ1) is 9.25. The van der Waals surface area contributed by atoms with Crippen molar-refractivity contribution in [1.29, 1.82) is 0 Å². The van der Waals surface area contributed by atoms with Crippen LogP contribution in [0.15, 0.2) is 23.1 Å². The maximum absolute atomic E-state index is 13.4. The minimum absolute atomic E-state index is 0.119. The molecule has 1 aromatic rings. The molecule has 0 fully saturated rings. The summed E-state index contributed by atoms with van der Waals surface area (Å²) >= 11 is 0. The number of sulfonamides is 1. The highest BCUT2D eigenvalue weighted by atomic mass is 32.2. The molecule has 112 valence electrons. The molecule has 0 bridgehead atoms. The fourth-order valence-corrected chi connectivity index (χ4v) is 2.82. The molecule has 9 heteroatoms. The van der Waals surface area contributed by atoms with Gasteiger partial charge in [0.25, 0.3) is 0 Å². The number of hydrogen-bond donors (Lipinski definition) is 1. The van der Waals surface area contributed by atoms with E-state index in [-0.39, 0.29) is 6.54 Å². The van der Waals surface area contributed by atoms with Gasteiger partial charge in [0.1, 0.15) is 0 Å². The van der Waals surface area contributed by atoms with Gasteiger partial charge in [-0.05, 0) is 39.2 Å². The van der Waals surface area contributed by atoms with E-state index in [9.17, 15) is 22.9 Å². The Morgan fingerprint density at radius 3 is 2.60 bits per heavy atom. The van der Waals surface area contributed by atoms with Crippen LogP contribution in [0.1, 0.15) is 6.42 Å². The maximum atomic E-state index is 13.4. The van der Waals surface area contributed by atoms with Gasteiger partial charge in [0.05, 0.1) is 4.92 Å². The summed E-state index contributed by atoms with van der Waals surface area (Å²) in [6.07, 6.45) is 0.537. The molecule has 1 aromatic carbocycles. The first-order valence-electron chi connectivity index (χ1n) is 5.83. The van der Waals surface area contributed by atoms with Crippen LogP contribution >= 0.6 is 0 Å². The van der Waals surface area contributed by atoms with Gasteiger partial charge in [-0.15, -0.1) is 0 Å². The Labute approximate surface area is 116 Å². The number of nitro benzene ring substituents is 1. The van der Waals surface area contributed by atoms with Crippen LogP contribution in [0.5, 0.6) is 0 Å². The molecule has 0 saturated carbocycles. The second-order valence-electron chi connectivity index (χ2n) is 4.40. The van der Waals surface area contributed by atoms with Crippen molar-refractivity contribution in [3.8, 4) is 0 Å². The average molecular weight is 305 g/mol. The van der Waals surface area contributed by atoms with E-state index in [2.05, 4.69) is 4.72 Å². The Hall–Kier alpha value is -1.58. The van der Waals surface area contributed by atoms with E-state index >= 15 is 0 Å². The van der Waals surface area contributed by atoms with Crippen molar-refractivity contribution in [1.82, 2.24) is 9.62 Å². The minimum Gasteiger partial charge on any atom is -0.309 e. The minimum atomic E-state index is -4.11. The highest BCUT2D eigenvalue weighted by Gasteiger charge is 2.28. The Kier molecular flexibility index (Phi) is 5.54. The monoisotopic (exact) mass is 305 g/mol. The fraction of sp³-hybridized carbons (Fsp3) is 0.455. The van der Waals surface area contributed by atoms with E-state index in [4.69, 9.17) is 0 Å². The van der Waals surface area contributed by atoms with E-state index in [0.29, 0.717) is 13.0 Å². The zero-order valence-corrected chi connectivity index (χ0v) is 12.0. The van der Waals surface area contributed by atoms with Gasteiger partial charge in [-0.1, -0.05) is 6.07 Å². The molecule has 0 amide bonds. The van der Waals surface area contributed by atoms with Crippen LogP contribution in [0, 0.1) is 15.9 Å². The summed E-state index contributed by atoms with van der Waals surface area (Å²) in [5, 5.41) is 10.8. The Morgan fingerprint density at radius 2 is 2.05 bits per heavy atom. The molecule has 0 aromatic heterocycles. The molecule has 1 N–H and O–H groups in total. The second-order valence-corrected chi connectivity index (χ2v) is 6.13. The Morgan fingerprint density at radius 1 is 1.40 bits per heavy atom. The zero-order valence-electron chi connectivity index (χ0n) is 11.2. The molecule has 0 saturated heterocycles. The third-order valence-electron chi connectivity index (χ3n) is 2.50. The van der Waals surface area contributed by atoms with Gasteiger partial charge >= 0.3 is 5.69 Å². The highest BCUT2D eigenvalue weighted by Crippen LogP contribution is 2.26. The fourth-order valence-electron chi connectivity index (χ4n) is 1.57. The van der Waals surface area contributed by atoms with Crippen molar-refractivity contribution >= 4 is 15.7 Å². The van der Waals surface area contributed by atoms with Gasteiger partial charge in [-0.25, -0.2) is 13.1 Å². The molecule has 0 radical (unpaired) electrons. The van der Waals surface area contributed by atoms with Crippen molar-refractivity contribution in [2.45, 2.75) is 11.3 Å². The number of benzene rings is 1. The van der Waals surface area contributed by atoms with Gasteiger partial charge in [0.15, 0.2) is 4.90 Å². The second kappa shape index (κ2) is 6.73. The SMILES string of the molecule is CN(C)CCCNS(=O)(=O)c1cccc(F)c1[N+](=O)[O-]. The van der Waals surface area contributed by atoms with Crippen LogP contribution in [0.2, 0.25) is 0 Å². The molecule has 0 heterocycles. The predicted octanol–water partition coefficient (Wildman–Crippen LogP) is 0.964. The third kappa shape index (κ3) is 4.22. The maximum Gasteiger partial charge on any atom is 0.324 e. The normalized spacial score (nSPS) is 11.8. The van der Waals surface area contributed by atoms with Crippen LogP contribution in [-0.4, -0.2) is 45.4 Å². The molecule has 0 atom stereocenters. The lowest BCUT2D eigenvalue weighted by Crippen LogP contribution is -2.28. The number of para-hydroxylation sites is 1. The van der Waals surface area contributed by atoms with Crippen molar-refractivity contribution in [2.75, 3.05) is 27.2 Å². The lowest BCUT2D eigenvalue weighted by Gasteiger charge is -2.10. The number of nitrogens with one attached hydrogen (secondary N) is 1. The van der Waals surface area contributed by atoms with Crippen LogP contribution in [-0.2, 0) is 10.0 Å². The summed E-state index contributed by atoms with van der Waals surface area (Å²) in [6, 6.07) is 2.98. The van der Waals surface area contributed by atoms with E-state index in [1.165, 1.54) is 0 Å². The molecule has 1 rings (SSSR count). The molecule has 0 aliphatic carbocycles. The van der Waals surface area contributed by atoms with E-state index in [1.54, 1.807) is 0 Å². The lowest BCUT2D eigenvalue weighted by molar-refractivity contribution is -0.390. The number of halogens is 1. The molecular formula is C11H16FN3O4S. The van der Waals surface area contributed by atoms with Crippen molar-refractivity contribution in [2.24, 2.45) is 0 Å². The van der Waals surface area contributed by atoms with Gasteiger partial charge < -0.3 is 4.90 Å². The first kappa shape index (κ1) is 16.5. The Bertz CT molecular complexity index is 589. The molecule has 0 aliphatic rings. The summed E-state index contributed by atoms with van der Waals surface area (Å²) in [7, 11) is -0.428. The molecule has 20 heavy (non-hydrogen) atoms. The summed E-state index contributed by atoms with van der Waals surface area (Å²) < 4.78 is 39.5. The lowest BCUT2D eigenvalue weighted by atomic mass is 10.3. The molecule has 0 aliphatic heterocycles. The van der Waals surface area contributed by atoms with E-state index in [0.717, 1.165) is 18.2 Å². The number of nitrogens with zero attached hydrogens (tertiary/aromatic N) is 2. The standard InChI is InChI=1S/C11H16FN3O4S/c1-14(2)8-4-7-13-20(18,19)10-6-3-5-9(12)11(10)15(16)17/h3,5-6,13H,4,7-8H2,1-2H3. The van der Waals surface area contributed by atoms with Crippen molar-refractivity contribution in [3.05, 3.63) is 34.1 Å². The summed E-state index contributed by atoms with van der Waals surface area (Å²) in [5.74, 6) is -1.17. The van der Waals surface area contributed by atoms with Gasteiger partial charge in [0, 0.05) is 6.54 Å². The molecule has 7 nitrogen and oxygen atoms in total. The van der Waals surface area contributed by atoms with E-state index in [1.807, 2.05) is 19.0 Å². The highest BCUT2D eigenvalue weighted by molar-refractivity contribution is 7.89. The summed E-state index contributed by atoms with van der Waals surface area (Å²) in [6.45, 7) is 0.780. The largest absolute Gasteiger partial charge is 0.324 e. The van der Waals surface area contributed by atoms with E-state index < -0.39 is 31.3 Å². The molecule has 0 unspecified atom stereocenters. The zero-order chi connectivity index (χ0) is 15.3. The van der Waals surface area contributed by atoms with Crippen LogP contribution in [0.3, 0.4) is 0 Å². The quantitative estimate of drug-likeness (QED) is 0.460. The topological polar surface area (TPSA) is 92.6 Å². The van der Waals surface area contributed by atoms with Crippen molar-refractivity contribution in [3.63, 3.8) is 0 Å². The summed E-state index contributed by atoms with van der Waals surface area (Å²) in [5.41, 5.74) is -1.03. The van der Waals surface area contributed by atoms with Gasteiger partial charge in [0.2, 0.25) is 15.8 Å². The average Bonchev–Trinajstić information content (AvgIpc) is 2.33. The summed E-state index contributed by atoms with van der Waals surface area (Å²) in [4.78, 5) is 11.0.